The lowest BCUT2D eigenvalue weighted by Gasteiger charge is -2.34. The van der Waals surface area contributed by atoms with Crippen LogP contribution in [0.25, 0.3) is 0 Å². The van der Waals surface area contributed by atoms with E-state index >= 15 is 0 Å². The molecule has 1 aliphatic heterocycles. The third-order valence-corrected chi connectivity index (χ3v) is 4.52. The van der Waals surface area contributed by atoms with Crippen molar-refractivity contribution < 1.29 is 4.79 Å². The lowest BCUT2D eigenvalue weighted by Crippen LogP contribution is -2.45. The molecule has 0 saturated carbocycles. The molecule has 0 radical (unpaired) electrons. The standard InChI is InChI=1S/C16H24ClN3O.ClH/c1-11-5-6-14(8-15(11)17)19-16(21)10-20-7-3-4-13(9-20)12(2)18;/h5-6,8,12-13H,3-4,7,9-10,18H2,1-2H3,(H,19,21);1H. The van der Waals surface area contributed by atoms with E-state index in [-0.39, 0.29) is 24.4 Å². The van der Waals surface area contributed by atoms with Gasteiger partial charge >= 0.3 is 0 Å². The summed E-state index contributed by atoms with van der Waals surface area (Å²) in [5.41, 5.74) is 7.72. The first-order chi connectivity index (χ1) is 9.95. The van der Waals surface area contributed by atoms with Crippen molar-refractivity contribution in [1.29, 1.82) is 0 Å². The quantitative estimate of drug-likeness (QED) is 0.881. The summed E-state index contributed by atoms with van der Waals surface area (Å²) in [7, 11) is 0. The van der Waals surface area contributed by atoms with Crippen molar-refractivity contribution in [3.63, 3.8) is 0 Å². The lowest BCUT2D eigenvalue weighted by atomic mass is 9.92. The van der Waals surface area contributed by atoms with Crippen LogP contribution in [0.2, 0.25) is 5.02 Å². The molecule has 2 unspecified atom stereocenters. The Morgan fingerprint density at radius 1 is 1.55 bits per heavy atom. The molecule has 6 heteroatoms. The van der Waals surface area contributed by atoms with Gasteiger partial charge in [0, 0.05) is 23.3 Å². The van der Waals surface area contributed by atoms with Gasteiger partial charge in [-0.05, 0) is 56.8 Å². The maximum atomic E-state index is 12.1. The highest BCUT2D eigenvalue weighted by Gasteiger charge is 2.23. The van der Waals surface area contributed by atoms with Crippen molar-refractivity contribution in [3.8, 4) is 0 Å². The van der Waals surface area contributed by atoms with Gasteiger partial charge in [0.05, 0.1) is 6.54 Å². The van der Waals surface area contributed by atoms with Gasteiger partial charge in [0.25, 0.3) is 0 Å². The Morgan fingerprint density at radius 3 is 2.91 bits per heavy atom. The Morgan fingerprint density at radius 2 is 2.27 bits per heavy atom. The molecule has 3 N–H and O–H groups in total. The van der Waals surface area contributed by atoms with Gasteiger partial charge in [-0.1, -0.05) is 17.7 Å². The van der Waals surface area contributed by atoms with Gasteiger partial charge in [-0.15, -0.1) is 12.4 Å². The predicted octanol–water partition coefficient (Wildman–Crippen LogP) is 3.07. The van der Waals surface area contributed by atoms with Crippen molar-refractivity contribution in [3.05, 3.63) is 28.8 Å². The molecule has 22 heavy (non-hydrogen) atoms. The molecule has 1 heterocycles. The summed E-state index contributed by atoms with van der Waals surface area (Å²) in [4.78, 5) is 14.3. The number of carbonyl (C=O) groups excluding carboxylic acids is 1. The van der Waals surface area contributed by atoms with E-state index in [4.69, 9.17) is 17.3 Å². The number of amides is 1. The highest BCUT2D eigenvalue weighted by atomic mass is 35.5. The van der Waals surface area contributed by atoms with Crippen LogP contribution >= 0.6 is 24.0 Å². The number of rotatable bonds is 4. The summed E-state index contributed by atoms with van der Waals surface area (Å²) in [6.07, 6.45) is 2.26. The van der Waals surface area contributed by atoms with Crippen molar-refractivity contribution >= 4 is 35.6 Å². The van der Waals surface area contributed by atoms with Gasteiger partial charge in [-0.25, -0.2) is 0 Å². The second-order valence-corrected chi connectivity index (χ2v) is 6.42. The summed E-state index contributed by atoms with van der Waals surface area (Å²) in [5.74, 6) is 0.487. The molecule has 0 spiro atoms. The number of carbonyl (C=O) groups is 1. The number of hydrogen-bond acceptors (Lipinski definition) is 3. The van der Waals surface area contributed by atoms with Crippen LogP contribution in [0.15, 0.2) is 18.2 Å². The molecule has 0 aliphatic carbocycles. The number of hydrogen-bond donors (Lipinski definition) is 2. The van der Waals surface area contributed by atoms with E-state index in [0.29, 0.717) is 17.5 Å². The molecule has 1 fully saturated rings. The highest BCUT2D eigenvalue weighted by molar-refractivity contribution is 6.31. The van der Waals surface area contributed by atoms with Gasteiger partial charge in [-0.2, -0.15) is 0 Å². The third-order valence-electron chi connectivity index (χ3n) is 4.11. The van der Waals surface area contributed by atoms with Crippen LogP contribution in [0.4, 0.5) is 5.69 Å². The normalized spacial score (nSPS) is 20.1. The van der Waals surface area contributed by atoms with Crippen molar-refractivity contribution in [2.45, 2.75) is 32.7 Å². The molecular weight excluding hydrogens is 321 g/mol. The minimum atomic E-state index is 0. The van der Waals surface area contributed by atoms with Crippen LogP contribution in [0.3, 0.4) is 0 Å². The molecule has 124 valence electrons. The molecule has 1 aromatic rings. The van der Waals surface area contributed by atoms with Crippen LogP contribution in [0.1, 0.15) is 25.3 Å². The van der Waals surface area contributed by atoms with Crippen molar-refractivity contribution in [2.24, 2.45) is 11.7 Å². The number of nitrogens with one attached hydrogen (secondary N) is 1. The molecule has 1 aliphatic rings. The molecule has 0 bridgehead atoms. The average Bonchev–Trinajstić information content (AvgIpc) is 2.43. The van der Waals surface area contributed by atoms with Gasteiger partial charge < -0.3 is 11.1 Å². The number of piperidine rings is 1. The Bertz CT molecular complexity index is 508. The summed E-state index contributed by atoms with van der Waals surface area (Å²) in [5, 5.41) is 3.57. The molecule has 0 aromatic heterocycles. The smallest absolute Gasteiger partial charge is 0.238 e. The van der Waals surface area contributed by atoms with E-state index in [9.17, 15) is 4.79 Å². The molecule has 1 amide bonds. The van der Waals surface area contributed by atoms with Gasteiger partial charge in [0.15, 0.2) is 0 Å². The fourth-order valence-electron chi connectivity index (χ4n) is 2.74. The van der Waals surface area contributed by atoms with E-state index in [1.165, 1.54) is 0 Å². The Labute approximate surface area is 143 Å². The molecular formula is C16H25Cl2N3O. The lowest BCUT2D eigenvalue weighted by molar-refractivity contribution is -0.117. The first kappa shape index (κ1) is 19.2. The van der Waals surface area contributed by atoms with E-state index in [1.54, 1.807) is 6.07 Å². The fourth-order valence-corrected chi connectivity index (χ4v) is 2.92. The largest absolute Gasteiger partial charge is 0.328 e. The number of likely N-dealkylation sites (tertiary alicyclic amines) is 1. The van der Waals surface area contributed by atoms with Crippen molar-refractivity contribution in [1.82, 2.24) is 4.90 Å². The van der Waals surface area contributed by atoms with Gasteiger partial charge in [-0.3, -0.25) is 9.69 Å². The SMILES string of the molecule is Cc1ccc(NC(=O)CN2CCCC(C(C)N)C2)cc1Cl.Cl. The minimum absolute atomic E-state index is 0. The summed E-state index contributed by atoms with van der Waals surface area (Å²) in [6.45, 7) is 6.26. The van der Waals surface area contributed by atoms with Gasteiger partial charge in [0.1, 0.15) is 0 Å². The van der Waals surface area contributed by atoms with Crippen LogP contribution in [-0.4, -0.2) is 36.5 Å². The number of benzene rings is 1. The fraction of sp³-hybridized carbons (Fsp3) is 0.562. The molecule has 2 atom stereocenters. The number of halogens is 2. The maximum absolute atomic E-state index is 12.1. The monoisotopic (exact) mass is 345 g/mol. The summed E-state index contributed by atoms with van der Waals surface area (Å²) in [6, 6.07) is 5.76. The third kappa shape index (κ3) is 5.43. The zero-order chi connectivity index (χ0) is 15.4. The zero-order valence-corrected chi connectivity index (χ0v) is 14.7. The summed E-state index contributed by atoms with van der Waals surface area (Å²) < 4.78 is 0. The molecule has 4 nitrogen and oxygen atoms in total. The minimum Gasteiger partial charge on any atom is -0.328 e. The number of anilines is 1. The van der Waals surface area contributed by atoms with Crippen LogP contribution in [0, 0.1) is 12.8 Å². The van der Waals surface area contributed by atoms with Crippen molar-refractivity contribution in [2.75, 3.05) is 25.0 Å². The molecule has 1 aromatic carbocycles. The van der Waals surface area contributed by atoms with E-state index in [0.717, 1.165) is 37.2 Å². The Kier molecular flexibility index (Phi) is 7.63. The van der Waals surface area contributed by atoms with E-state index < -0.39 is 0 Å². The first-order valence-electron chi connectivity index (χ1n) is 7.49. The Hall–Kier alpha value is -0.810. The van der Waals surface area contributed by atoms with E-state index in [1.807, 2.05) is 26.0 Å². The predicted molar refractivity (Wildman–Crippen MR) is 94.9 cm³/mol. The van der Waals surface area contributed by atoms with E-state index in [2.05, 4.69) is 10.2 Å². The molecule has 1 saturated heterocycles. The molecule has 2 rings (SSSR count). The Balaban J connectivity index is 0.00000242. The van der Waals surface area contributed by atoms with Crippen LogP contribution in [0.5, 0.6) is 0 Å². The van der Waals surface area contributed by atoms with Crippen LogP contribution in [-0.2, 0) is 4.79 Å². The second kappa shape index (κ2) is 8.73. The zero-order valence-electron chi connectivity index (χ0n) is 13.1. The number of nitrogens with zero attached hydrogens (tertiary/aromatic N) is 1. The first-order valence-corrected chi connectivity index (χ1v) is 7.87. The second-order valence-electron chi connectivity index (χ2n) is 6.01. The average molecular weight is 346 g/mol. The summed E-state index contributed by atoms with van der Waals surface area (Å²) >= 11 is 6.07. The highest BCUT2D eigenvalue weighted by Crippen LogP contribution is 2.21. The number of aryl methyl sites for hydroxylation is 1. The topological polar surface area (TPSA) is 58.4 Å². The van der Waals surface area contributed by atoms with Gasteiger partial charge in [0.2, 0.25) is 5.91 Å². The van der Waals surface area contributed by atoms with Crippen LogP contribution < -0.4 is 11.1 Å². The maximum Gasteiger partial charge on any atom is 0.238 e. The number of nitrogens with two attached hydrogens (primary N) is 1.